The van der Waals surface area contributed by atoms with E-state index < -0.39 is 0 Å². The fourth-order valence-electron chi connectivity index (χ4n) is 5.30. The Hall–Kier alpha value is -0.750. The number of fused-ring (bicyclic) bond motifs is 3. The van der Waals surface area contributed by atoms with E-state index in [-0.39, 0.29) is 28.8 Å². The SMILES string of the molecule is CC12CCC(=O)N1C(C(=O)NC1C3CCCC1CC(N)C3)CS2. The lowest BCUT2D eigenvalue weighted by atomic mass is 9.67. The van der Waals surface area contributed by atoms with Crippen LogP contribution >= 0.6 is 11.8 Å². The molecule has 2 amide bonds. The van der Waals surface area contributed by atoms with Crippen LogP contribution in [-0.4, -0.2) is 45.5 Å². The third kappa shape index (κ3) is 2.58. The van der Waals surface area contributed by atoms with E-state index in [1.807, 2.05) is 4.90 Å². The van der Waals surface area contributed by atoms with Gasteiger partial charge in [-0.05, 0) is 50.9 Å². The summed E-state index contributed by atoms with van der Waals surface area (Å²) in [4.78, 5) is 26.8. The summed E-state index contributed by atoms with van der Waals surface area (Å²) in [7, 11) is 0. The summed E-state index contributed by atoms with van der Waals surface area (Å²) in [6.45, 7) is 2.10. The van der Waals surface area contributed by atoms with Gasteiger partial charge in [-0.25, -0.2) is 0 Å². The van der Waals surface area contributed by atoms with Gasteiger partial charge in [0.2, 0.25) is 11.8 Å². The van der Waals surface area contributed by atoms with Crippen LogP contribution in [-0.2, 0) is 9.59 Å². The number of nitrogens with one attached hydrogen (secondary N) is 1. The molecule has 2 bridgehead atoms. The molecule has 0 aromatic carbocycles. The van der Waals surface area contributed by atoms with Crippen molar-refractivity contribution in [3.05, 3.63) is 0 Å². The van der Waals surface area contributed by atoms with Crippen LogP contribution in [0.5, 0.6) is 0 Å². The molecule has 4 unspecified atom stereocenters. The monoisotopic (exact) mass is 337 g/mol. The molecule has 2 saturated carbocycles. The highest BCUT2D eigenvalue weighted by molar-refractivity contribution is 8.01. The minimum atomic E-state index is -0.281. The lowest BCUT2D eigenvalue weighted by Crippen LogP contribution is -2.58. The summed E-state index contributed by atoms with van der Waals surface area (Å²) in [6, 6.07) is 0.283. The number of thioether (sulfide) groups is 1. The smallest absolute Gasteiger partial charge is 0.243 e. The maximum absolute atomic E-state index is 12.9. The van der Waals surface area contributed by atoms with Gasteiger partial charge in [-0.15, -0.1) is 11.8 Å². The number of carbonyl (C=O) groups excluding carboxylic acids is 2. The van der Waals surface area contributed by atoms with Crippen molar-refractivity contribution in [3.8, 4) is 0 Å². The largest absolute Gasteiger partial charge is 0.351 e. The van der Waals surface area contributed by atoms with Gasteiger partial charge in [0, 0.05) is 24.3 Å². The first-order valence-electron chi connectivity index (χ1n) is 9.00. The van der Waals surface area contributed by atoms with E-state index in [1.165, 1.54) is 19.3 Å². The van der Waals surface area contributed by atoms with E-state index in [2.05, 4.69) is 12.2 Å². The van der Waals surface area contributed by atoms with Crippen molar-refractivity contribution >= 4 is 23.6 Å². The van der Waals surface area contributed by atoms with Gasteiger partial charge in [-0.1, -0.05) is 6.42 Å². The Labute approximate surface area is 142 Å². The number of carbonyl (C=O) groups is 2. The molecule has 2 heterocycles. The number of hydrogen-bond donors (Lipinski definition) is 2. The summed E-state index contributed by atoms with van der Waals surface area (Å²) in [5.74, 6) is 1.99. The zero-order valence-corrected chi connectivity index (χ0v) is 14.6. The molecule has 128 valence electrons. The summed E-state index contributed by atoms with van der Waals surface area (Å²) in [5, 5.41) is 3.33. The average Bonchev–Trinajstić information content (AvgIpc) is 2.97. The highest BCUT2D eigenvalue weighted by Gasteiger charge is 2.53. The first-order chi connectivity index (χ1) is 11.0. The summed E-state index contributed by atoms with van der Waals surface area (Å²) in [6.07, 6.45) is 7.11. The molecule has 2 aliphatic carbocycles. The molecule has 0 spiro atoms. The Balaban J connectivity index is 1.47. The van der Waals surface area contributed by atoms with Gasteiger partial charge in [0.15, 0.2) is 0 Å². The van der Waals surface area contributed by atoms with E-state index in [9.17, 15) is 9.59 Å². The van der Waals surface area contributed by atoms with E-state index in [4.69, 9.17) is 5.73 Å². The van der Waals surface area contributed by atoms with Gasteiger partial charge in [-0.3, -0.25) is 9.59 Å². The molecule has 4 rings (SSSR count). The first-order valence-corrected chi connectivity index (χ1v) is 9.98. The second-order valence-corrected chi connectivity index (χ2v) is 9.48. The highest BCUT2D eigenvalue weighted by Crippen LogP contribution is 2.47. The Kier molecular flexibility index (Phi) is 3.88. The van der Waals surface area contributed by atoms with Crippen LogP contribution in [0.15, 0.2) is 0 Å². The maximum Gasteiger partial charge on any atom is 0.243 e. The fraction of sp³-hybridized carbons (Fsp3) is 0.882. The second kappa shape index (κ2) is 5.66. The molecule has 3 N–H and O–H groups in total. The van der Waals surface area contributed by atoms with Crippen LogP contribution in [0.4, 0.5) is 0 Å². The minimum Gasteiger partial charge on any atom is -0.351 e. The highest BCUT2D eigenvalue weighted by atomic mass is 32.2. The normalized spacial score (nSPS) is 45.9. The molecule has 2 aliphatic heterocycles. The minimum absolute atomic E-state index is 0.0637. The van der Waals surface area contributed by atoms with Gasteiger partial charge in [-0.2, -0.15) is 0 Å². The molecule has 2 saturated heterocycles. The molecule has 4 fully saturated rings. The third-order valence-corrected chi connectivity index (χ3v) is 7.94. The second-order valence-electron chi connectivity index (χ2n) is 7.98. The van der Waals surface area contributed by atoms with Gasteiger partial charge < -0.3 is 16.0 Å². The number of rotatable bonds is 2. The van der Waals surface area contributed by atoms with E-state index in [1.54, 1.807) is 11.8 Å². The molecule has 0 radical (unpaired) electrons. The van der Waals surface area contributed by atoms with Crippen LogP contribution in [0.2, 0.25) is 0 Å². The van der Waals surface area contributed by atoms with E-state index >= 15 is 0 Å². The first kappa shape index (κ1) is 15.8. The molecule has 4 aliphatic rings. The van der Waals surface area contributed by atoms with E-state index in [0.29, 0.717) is 24.3 Å². The van der Waals surface area contributed by atoms with Crippen LogP contribution in [0.3, 0.4) is 0 Å². The Morgan fingerprint density at radius 1 is 1.35 bits per heavy atom. The Morgan fingerprint density at radius 3 is 2.74 bits per heavy atom. The number of hydrogen-bond acceptors (Lipinski definition) is 4. The predicted molar refractivity (Wildman–Crippen MR) is 90.7 cm³/mol. The van der Waals surface area contributed by atoms with Crippen molar-refractivity contribution in [2.75, 3.05) is 5.75 Å². The van der Waals surface area contributed by atoms with Gasteiger partial charge in [0.25, 0.3) is 0 Å². The molecular formula is C17H27N3O2S. The van der Waals surface area contributed by atoms with Crippen molar-refractivity contribution in [1.29, 1.82) is 0 Å². The van der Waals surface area contributed by atoms with Gasteiger partial charge >= 0.3 is 0 Å². The molecular weight excluding hydrogens is 310 g/mol. The van der Waals surface area contributed by atoms with Crippen molar-refractivity contribution in [3.63, 3.8) is 0 Å². The molecule has 0 aromatic rings. The molecule has 6 heteroatoms. The lowest BCUT2D eigenvalue weighted by molar-refractivity contribution is -0.139. The summed E-state index contributed by atoms with van der Waals surface area (Å²) < 4.78 is 0. The summed E-state index contributed by atoms with van der Waals surface area (Å²) in [5.41, 5.74) is 6.18. The Bertz CT molecular complexity index is 514. The lowest BCUT2D eigenvalue weighted by Gasteiger charge is -2.45. The number of nitrogens with two attached hydrogens (primary N) is 1. The zero-order chi connectivity index (χ0) is 16.2. The van der Waals surface area contributed by atoms with Crippen molar-refractivity contribution in [1.82, 2.24) is 10.2 Å². The summed E-state index contributed by atoms with van der Waals surface area (Å²) >= 11 is 1.76. The number of amides is 2. The van der Waals surface area contributed by atoms with Crippen molar-refractivity contribution in [2.24, 2.45) is 17.6 Å². The average molecular weight is 337 g/mol. The molecule has 5 nitrogen and oxygen atoms in total. The molecule has 4 atom stereocenters. The predicted octanol–water partition coefficient (Wildman–Crippen LogP) is 1.46. The number of nitrogens with zero attached hydrogens (tertiary/aromatic N) is 1. The van der Waals surface area contributed by atoms with Crippen LogP contribution in [0.1, 0.15) is 51.9 Å². The maximum atomic E-state index is 12.9. The topological polar surface area (TPSA) is 75.4 Å². The van der Waals surface area contributed by atoms with Crippen molar-refractivity contribution in [2.45, 2.75) is 74.9 Å². The van der Waals surface area contributed by atoms with Crippen LogP contribution in [0, 0.1) is 11.8 Å². The van der Waals surface area contributed by atoms with Crippen LogP contribution in [0.25, 0.3) is 0 Å². The third-order valence-electron chi connectivity index (χ3n) is 6.43. The van der Waals surface area contributed by atoms with Crippen molar-refractivity contribution < 1.29 is 9.59 Å². The van der Waals surface area contributed by atoms with E-state index in [0.717, 1.165) is 25.0 Å². The van der Waals surface area contributed by atoms with Gasteiger partial charge in [0.05, 0.1) is 4.87 Å². The standard InChI is InChI=1S/C17H27N3O2S/c1-17-6-5-14(21)20(17)13(9-23-17)16(22)19-15-10-3-2-4-11(15)8-12(18)7-10/h10-13,15H,2-9,18H2,1H3,(H,19,22). The quantitative estimate of drug-likeness (QED) is 0.800. The van der Waals surface area contributed by atoms with Gasteiger partial charge in [0.1, 0.15) is 6.04 Å². The zero-order valence-electron chi connectivity index (χ0n) is 13.8. The molecule has 0 aromatic heterocycles. The Morgan fingerprint density at radius 2 is 2.04 bits per heavy atom. The van der Waals surface area contributed by atoms with Crippen LogP contribution < -0.4 is 11.1 Å². The fourth-order valence-corrected chi connectivity index (χ4v) is 6.73. The molecule has 23 heavy (non-hydrogen) atoms.